The van der Waals surface area contributed by atoms with Crippen molar-refractivity contribution in [3.63, 3.8) is 0 Å². The first kappa shape index (κ1) is 17.3. The first-order chi connectivity index (χ1) is 8.59. The summed E-state index contributed by atoms with van der Waals surface area (Å²) in [5, 5.41) is 0. The normalized spacial score (nSPS) is 20.1. The minimum atomic E-state index is -3.00. The second-order valence-electron chi connectivity index (χ2n) is 6.33. The summed E-state index contributed by atoms with van der Waals surface area (Å²) in [5.74, 6) is 1.13. The Morgan fingerprint density at radius 3 is 2.21 bits per heavy atom. The van der Waals surface area contributed by atoms with E-state index >= 15 is 0 Å². The van der Waals surface area contributed by atoms with Crippen LogP contribution < -0.4 is 0 Å². The maximum Gasteiger partial charge on any atom is 0.211 e. The molecule has 114 valence electrons. The van der Waals surface area contributed by atoms with Crippen molar-refractivity contribution in [1.29, 1.82) is 0 Å². The average Bonchev–Trinajstić information content (AvgIpc) is 2.26. The first-order valence-electron chi connectivity index (χ1n) is 6.89. The first-order valence-corrected chi connectivity index (χ1v) is 9.72. The van der Waals surface area contributed by atoms with Crippen molar-refractivity contribution in [2.45, 2.75) is 44.4 Å². The van der Waals surface area contributed by atoms with Crippen LogP contribution in [0.15, 0.2) is 0 Å². The molecule has 0 aromatic heterocycles. The highest BCUT2D eigenvalue weighted by molar-refractivity contribution is 8.00. The zero-order chi connectivity index (χ0) is 14.7. The zero-order valence-corrected chi connectivity index (χ0v) is 14.5. The van der Waals surface area contributed by atoms with Gasteiger partial charge in [-0.25, -0.2) is 12.7 Å². The van der Waals surface area contributed by atoms with E-state index in [1.807, 2.05) is 11.8 Å². The molecule has 1 aliphatic rings. The molecule has 0 radical (unpaired) electrons. The van der Waals surface area contributed by atoms with Gasteiger partial charge in [-0.15, -0.1) is 0 Å². The fourth-order valence-corrected chi connectivity index (χ4v) is 4.16. The fourth-order valence-electron chi connectivity index (χ4n) is 2.29. The third-order valence-corrected chi connectivity index (χ3v) is 6.05. The number of hydrogen-bond acceptors (Lipinski definition) is 4. The van der Waals surface area contributed by atoms with Crippen LogP contribution in [0.2, 0.25) is 0 Å². The van der Waals surface area contributed by atoms with Crippen molar-refractivity contribution < 1.29 is 8.42 Å². The molecule has 0 spiro atoms. The highest BCUT2D eigenvalue weighted by Crippen LogP contribution is 2.24. The maximum absolute atomic E-state index is 11.5. The molecule has 0 atom stereocenters. The number of thioether (sulfide) groups is 1. The Balaban J connectivity index is 2.31. The van der Waals surface area contributed by atoms with Crippen molar-refractivity contribution in [2.24, 2.45) is 0 Å². The van der Waals surface area contributed by atoms with Crippen LogP contribution in [-0.2, 0) is 10.0 Å². The van der Waals surface area contributed by atoms with Crippen LogP contribution in [0.5, 0.6) is 0 Å². The van der Waals surface area contributed by atoms with Crippen molar-refractivity contribution in [1.82, 2.24) is 9.21 Å². The number of piperidine rings is 1. The van der Waals surface area contributed by atoms with Gasteiger partial charge in [0.25, 0.3) is 0 Å². The van der Waals surface area contributed by atoms with Gasteiger partial charge in [0.15, 0.2) is 0 Å². The highest BCUT2D eigenvalue weighted by Gasteiger charge is 2.26. The SMILES string of the molecule is CN(CCSC(C)(C)C)C1CCN(S(C)(=O)=O)CC1. The maximum atomic E-state index is 11.5. The smallest absolute Gasteiger partial charge is 0.211 e. The van der Waals surface area contributed by atoms with Crippen LogP contribution in [0.1, 0.15) is 33.6 Å². The van der Waals surface area contributed by atoms with E-state index in [4.69, 9.17) is 0 Å². The molecule has 4 nitrogen and oxygen atoms in total. The van der Waals surface area contributed by atoms with Gasteiger partial charge in [-0.05, 0) is 19.9 Å². The largest absolute Gasteiger partial charge is 0.303 e. The van der Waals surface area contributed by atoms with E-state index in [9.17, 15) is 8.42 Å². The summed E-state index contributed by atoms with van der Waals surface area (Å²) in [6.07, 6.45) is 3.20. The lowest BCUT2D eigenvalue weighted by atomic mass is 10.1. The van der Waals surface area contributed by atoms with Gasteiger partial charge in [0.1, 0.15) is 0 Å². The van der Waals surface area contributed by atoms with Crippen LogP contribution in [0.3, 0.4) is 0 Å². The van der Waals surface area contributed by atoms with Crippen LogP contribution in [0.25, 0.3) is 0 Å². The summed E-state index contributed by atoms with van der Waals surface area (Å²) in [4.78, 5) is 2.39. The fraction of sp³-hybridized carbons (Fsp3) is 1.00. The lowest BCUT2D eigenvalue weighted by Gasteiger charge is -2.35. The highest BCUT2D eigenvalue weighted by atomic mass is 32.2. The molecule has 1 rings (SSSR count). The van der Waals surface area contributed by atoms with Gasteiger partial charge in [-0.1, -0.05) is 20.8 Å². The van der Waals surface area contributed by atoms with E-state index in [-0.39, 0.29) is 0 Å². The van der Waals surface area contributed by atoms with Crippen LogP contribution in [0, 0.1) is 0 Å². The van der Waals surface area contributed by atoms with Gasteiger partial charge in [-0.2, -0.15) is 11.8 Å². The predicted molar refractivity (Wildman–Crippen MR) is 84.3 cm³/mol. The van der Waals surface area contributed by atoms with Crippen LogP contribution in [-0.4, -0.2) is 67.1 Å². The van der Waals surface area contributed by atoms with Gasteiger partial charge in [0, 0.05) is 36.2 Å². The minimum Gasteiger partial charge on any atom is -0.303 e. The summed E-state index contributed by atoms with van der Waals surface area (Å²) < 4.78 is 24.8. The zero-order valence-electron chi connectivity index (χ0n) is 12.8. The van der Waals surface area contributed by atoms with Crippen molar-refractivity contribution in [3.05, 3.63) is 0 Å². The summed E-state index contributed by atoms with van der Waals surface area (Å²) in [5.41, 5.74) is 0. The second-order valence-corrected chi connectivity index (χ2v) is 10.2. The molecular weight excluding hydrogens is 280 g/mol. The summed E-state index contributed by atoms with van der Waals surface area (Å²) in [6, 6.07) is 0.526. The van der Waals surface area contributed by atoms with Gasteiger partial charge < -0.3 is 4.90 Å². The Kier molecular flexibility index (Phi) is 6.17. The van der Waals surface area contributed by atoms with E-state index < -0.39 is 10.0 Å². The van der Waals surface area contributed by atoms with Gasteiger partial charge >= 0.3 is 0 Å². The number of nitrogens with zero attached hydrogens (tertiary/aromatic N) is 2. The third kappa shape index (κ3) is 6.47. The summed E-state index contributed by atoms with van der Waals surface area (Å²) in [7, 11) is -0.844. The molecule has 0 unspecified atom stereocenters. The average molecular weight is 309 g/mol. The molecule has 0 bridgehead atoms. The Hall–Kier alpha value is 0.220. The third-order valence-electron chi connectivity index (χ3n) is 3.49. The molecule has 0 N–H and O–H groups in total. The lowest BCUT2D eigenvalue weighted by molar-refractivity contribution is 0.176. The standard InChI is InChI=1S/C13H28N2O2S2/c1-13(2,3)18-11-10-14(4)12-6-8-15(9-7-12)19(5,16)17/h12H,6-11H2,1-5H3. The van der Waals surface area contributed by atoms with Crippen LogP contribution >= 0.6 is 11.8 Å². The molecule has 1 saturated heterocycles. The van der Waals surface area contributed by atoms with E-state index in [1.54, 1.807) is 4.31 Å². The number of hydrogen-bond donors (Lipinski definition) is 0. The molecule has 0 amide bonds. The van der Waals surface area contributed by atoms with Gasteiger partial charge in [0.2, 0.25) is 10.0 Å². The summed E-state index contributed by atoms with van der Waals surface area (Å²) >= 11 is 1.98. The van der Waals surface area contributed by atoms with Gasteiger partial charge in [0.05, 0.1) is 6.26 Å². The van der Waals surface area contributed by atoms with Gasteiger partial charge in [-0.3, -0.25) is 0 Å². The quantitative estimate of drug-likeness (QED) is 0.777. The molecule has 6 heteroatoms. The molecule has 1 heterocycles. The number of sulfonamides is 1. The van der Waals surface area contributed by atoms with Crippen LogP contribution in [0.4, 0.5) is 0 Å². The van der Waals surface area contributed by atoms with Crippen molar-refractivity contribution in [3.8, 4) is 0 Å². The van der Waals surface area contributed by atoms with Crippen molar-refractivity contribution in [2.75, 3.05) is 38.7 Å². The molecule has 0 saturated carbocycles. The molecule has 1 fully saturated rings. The molecule has 19 heavy (non-hydrogen) atoms. The molecule has 0 aromatic rings. The Bertz CT molecular complexity index is 369. The molecule has 0 aliphatic carbocycles. The molecular formula is C13H28N2O2S2. The van der Waals surface area contributed by atoms with E-state index in [0.29, 0.717) is 23.9 Å². The van der Waals surface area contributed by atoms with E-state index in [1.165, 1.54) is 6.26 Å². The van der Waals surface area contributed by atoms with E-state index in [2.05, 4.69) is 32.7 Å². The minimum absolute atomic E-state index is 0.320. The van der Waals surface area contributed by atoms with E-state index in [0.717, 1.165) is 25.1 Å². The lowest BCUT2D eigenvalue weighted by Crippen LogP contribution is -2.45. The molecule has 1 aliphatic heterocycles. The number of rotatable bonds is 5. The second kappa shape index (κ2) is 6.78. The Morgan fingerprint density at radius 2 is 1.79 bits per heavy atom. The summed E-state index contributed by atoms with van der Waals surface area (Å²) in [6.45, 7) is 9.12. The van der Waals surface area contributed by atoms with Crippen molar-refractivity contribution >= 4 is 21.8 Å². The Labute approximate surface area is 123 Å². The Morgan fingerprint density at radius 1 is 1.26 bits per heavy atom. The topological polar surface area (TPSA) is 40.6 Å². The molecule has 0 aromatic carbocycles. The predicted octanol–water partition coefficient (Wildman–Crippen LogP) is 1.87. The monoisotopic (exact) mass is 308 g/mol.